The molecule has 0 aromatic heterocycles. The van der Waals surface area contributed by atoms with Crippen LogP contribution in [0.3, 0.4) is 0 Å². The van der Waals surface area contributed by atoms with Gasteiger partial charge < -0.3 is 21.7 Å². The molecule has 0 aliphatic carbocycles. The summed E-state index contributed by atoms with van der Waals surface area (Å²) >= 11 is 0. The van der Waals surface area contributed by atoms with Gasteiger partial charge in [0.2, 0.25) is 21.8 Å². The summed E-state index contributed by atoms with van der Waals surface area (Å²) in [4.78, 5) is 27.1. The van der Waals surface area contributed by atoms with Crippen molar-refractivity contribution in [1.29, 1.82) is 0 Å². The molecular weight excluding hydrogens is 478 g/mol. The Morgan fingerprint density at radius 3 is 2.39 bits per heavy atom. The monoisotopic (exact) mass is 515 g/mol. The summed E-state index contributed by atoms with van der Waals surface area (Å²) in [6, 6.07) is 14.8. The van der Waals surface area contributed by atoms with Crippen LogP contribution in [0.5, 0.6) is 0 Å². The number of benzene rings is 2. The minimum Gasteiger partial charge on any atom is -0.341 e. The highest BCUT2D eigenvalue weighted by atomic mass is 32.2. The van der Waals surface area contributed by atoms with Gasteiger partial charge in [-0.05, 0) is 68.3 Å². The van der Waals surface area contributed by atoms with E-state index in [-0.39, 0.29) is 29.7 Å². The number of carbonyl (C=O) groups is 2. The van der Waals surface area contributed by atoms with Crippen molar-refractivity contribution >= 4 is 27.5 Å². The van der Waals surface area contributed by atoms with Crippen LogP contribution in [0, 0.1) is 5.92 Å². The number of sulfonamides is 1. The number of aryl methyl sites for hydroxylation is 1. The SMILES string of the molecule is NCCC(=O)Nc1cccc(S(=O)(=O)N[C@@H](CCc2ccccc2)C(=O)N2CCC(CCN)CC2)c1. The van der Waals surface area contributed by atoms with Crippen LogP contribution in [-0.4, -0.2) is 57.4 Å². The van der Waals surface area contributed by atoms with Gasteiger partial charge in [-0.15, -0.1) is 0 Å². The fraction of sp³-hybridized carbons (Fsp3) is 0.462. The molecule has 1 atom stereocenters. The molecule has 196 valence electrons. The zero-order valence-corrected chi connectivity index (χ0v) is 21.4. The lowest BCUT2D eigenvalue weighted by atomic mass is 9.93. The summed E-state index contributed by atoms with van der Waals surface area (Å²) in [6.07, 6.45) is 3.69. The van der Waals surface area contributed by atoms with Crippen LogP contribution in [-0.2, 0) is 26.0 Å². The number of hydrogen-bond donors (Lipinski definition) is 4. The third kappa shape index (κ3) is 8.12. The van der Waals surface area contributed by atoms with Crippen LogP contribution >= 0.6 is 0 Å². The fourth-order valence-electron chi connectivity index (χ4n) is 4.44. The molecule has 3 rings (SSSR count). The molecule has 2 aromatic rings. The van der Waals surface area contributed by atoms with E-state index in [1.54, 1.807) is 17.0 Å². The number of piperidine rings is 1. The van der Waals surface area contributed by atoms with Crippen molar-refractivity contribution < 1.29 is 18.0 Å². The van der Waals surface area contributed by atoms with Crippen LogP contribution in [0.2, 0.25) is 0 Å². The Bertz CT molecular complexity index is 1100. The minimum absolute atomic E-state index is 0.0211. The Labute approximate surface area is 213 Å². The van der Waals surface area contributed by atoms with Gasteiger partial charge in [-0.2, -0.15) is 4.72 Å². The summed E-state index contributed by atoms with van der Waals surface area (Å²) in [6.45, 7) is 2.01. The zero-order chi connectivity index (χ0) is 26.0. The Morgan fingerprint density at radius 1 is 1.00 bits per heavy atom. The Kier molecular flexibility index (Phi) is 10.4. The third-order valence-corrected chi connectivity index (χ3v) is 7.93. The van der Waals surface area contributed by atoms with Crippen LogP contribution in [0.15, 0.2) is 59.5 Å². The van der Waals surface area contributed by atoms with Gasteiger partial charge in [-0.3, -0.25) is 9.59 Å². The summed E-state index contributed by atoms with van der Waals surface area (Å²) in [7, 11) is -4.03. The Hall–Kier alpha value is -2.79. The zero-order valence-electron chi connectivity index (χ0n) is 20.6. The molecule has 1 aliphatic rings. The van der Waals surface area contributed by atoms with Crippen LogP contribution < -0.4 is 21.5 Å². The second-order valence-electron chi connectivity index (χ2n) is 9.16. The van der Waals surface area contributed by atoms with Gasteiger partial charge in [0.1, 0.15) is 6.04 Å². The van der Waals surface area contributed by atoms with Crippen molar-refractivity contribution in [3.05, 3.63) is 60.2 Å². The number of hydrogen-bond acceptors (Lipinski definition) is 6. The fourth-order valence-corrected chi connectivity index (χ4v) is 5.71. The van der Waals surface area contributed by atoms with E-state index in [2.05, 4.69) is 10.0 Å². The van der Waals surface area contributed by atoms with E-state index in [0.29, 0.717) is 44.1 Å². The van der Waals surface area contributed by atoms with Crippen molar-refractivity contribution in [2.24, 2.45) is 17.4 Å². The maximum atomic E-state index is 13.5. The maximum absolute atomic E-state index is 13.5. The van der Waals surface area contributed by atoms with Crippen LogP contribution in [0.1, 0.15) is 37.7 Å². The number of nitrogens with one attached hydrogen (secondary N) is 2. The molecule has 2 amide bonds. The topological polar surface area (TPSA) is 148 Å². The maximum Gasteiger partial charge on any atom is 0.241 e. The molecule has 10 heteroatoms. The standard InChI is InChI=1S/C26H37N5O4S/c27-15-11-21-13-17-31(18-14-21)26(33)24(10-9-20-5-2-1-3-6-20)30-36(34,35)23-8-4-7-22(19-23)29-25(32)12-16-28/h1-8,19,21,24,30H,9-18,27-28H2,(H,29,32)/t24-/m0/s1. The van der Waals surface area contributed by atoms with Gasteiger partial charge in [0.25, 0.3) is 0 Å². The van der Waals surface area contributed by atoms with E-state index in [1.807, 2.05) is 30.3 Å². The summed E-state index contributed by atoms with van der Waals surface area (Å²) in [5.41, 5.74) is 12.5. The Balaban J connectivity index is 1.76. The number of nitrogens with zero attached hydrogens (tertiary/aromatic N) is 1. The van der Waals surface area contributed by atoms with Crippen molar-refractivity contribution in [3.63, 3.8) is 0 Å². The summed E-state index contributed by atoms with van der Waals surface area (Å²) in [5.74, 6) is -0.0159. The molecule has 0 spiro atoms. The number of amides is 2. The van der Waals surface area contributed by atoms with Gasteiger partial charge in [0.05, 0.1) is 4.90 Å². The molecule has 0 bridgehead atoms. The molecule has 0 radical (unpaired) electrons. The van der Waals surface area contributed by atoms with Crippen LogP contribution in [0.4, 0.5) is 5.69 Å². The van der Waals surface area contributed by atoms with E-state index < -0.39 is 16.1 Å². The number of rotatable bonds is 12. The molecule has 2 aromatic carbocycles. The van der Waals surface area contributed by atoms with Gasteiger partial charge in [0, 0.05) is 31.7 Å². The first kappa shape index (κ1) is 27.8. The molecule has 1 saturated heterocycles. The van der Waals surface area contributed by atoms with Gasteiger partial charge in [0.15, 0.2) is 0 Å². The van der Waals surface area contributed by atoms with Crippen LogP contribution in [0.25, 0.3) is 0 Å². The normalized spacial score (nSPS) is 15.4. The number of carbonyl (C=O) groups excluding carboxylic acids is 2. The second-order valence-corrected chi connectivity index (χ2v) is 10.9. The molecule has 1 fully saturated rings. The van der Waals surface area contributed by atoms with Gasteiger partial charge >= 0.3 is 0 Å². The molecule has 9 nitrogen and oxygen atoms in total. The highest BCUT2D eigenvalue weighted by Gasteiger charge is 2.31. The highest BCUT2D eigenvalue weighted by molar-refractivity contribution is 7.89. The first-order valence-electron chi connectivity index (χ1n) is 12.5. The molecular formula is C26H37N5O4S. The van der Waals surface area contributed by atoms with E-state index in [0.717, 1.165) is 24.8 Å². The molecule has 36 heavy (non-hydrogen) atoms. The summed E-state index contributed by atoms with van der Waals surface area (Å²) in [5, 5.41) is 2.65. The molecule has 1 aliphatic heterocycles. The number of anilines is 1. The van der Waals surface area contributed by atoms with E-state index >= 15 is 0 Å². The smallest absolute Gasteiger partial charge is 0.241 e. The third-order valence-electron chi connectivity index (χ3n) is 6.46. The lowest BCUT2D eigenvalue weighted by Crippen LogP contribution is -2.51. The van der Waals surface area contributed by atoms with E-state index in [9.17, 15) is 18.0 Å². The highest BCUT2D eigenvalue weighted by Crippen LogP contribution is 2.22. The first-order valence-corrected chi connectivity index (χ1v) is 14.0. The predicted molar refractivity (Wildman–Crippen MR) is 141 cm³/mol. The quantitative estimate of drug-likeness (QED) is 0.339. The lowest BCUT2D eigenvalue weighted by Gasteiger charge is -2.34. The van der Waals surface area contributed by atoms with Crippen molar-refractivity contribution in [3.8, 4) is 0 Å². The number of likely N-dealkylation sites (tertiary alicyclic amines) is 1. The molecule has 6 N–H and O–H groups in total. The molecule has 0 unspecified atom stereocenters. The van der Waals surface area contributed by atoms with Gasteiger partial charge in [-0.25, -0.2) is 8.42 Å². The van der Waals surface area contributed by atoms with Crippen molar-refractivity contribution in [1.82, 2.24) is 9.62 Å². The molecule has 1 heterocycles. The Morgan fingerprint density at radius 2 is 1.72 bits per heavy atom. The second kappa shape index (κ2) is 13.5. The lowest BCUT2D eigenvalue weighted by molar-refractivity contribution is -0.134. The number of nitrogens with two attached hydrogens (primary N) is 2. The summed E-state index contributed by atoms with van der Waals surface area (Å²) < 4.78 is 29.3. The first-order chi connectivity index (χ1) is 17.3. The molecule has 0 saturated carbocycles. The van der Waals surface area contributed by atoms with E-state index in [4.69, 9.17) is 11.5 Å². The average Bonchev–Trinajstić information content (AvgIpc) is 2.87. The van der Waals surface area contributed by atoms with Crippen molar-refractivity contribution in [2.75, 3.05) is 31.5 Å². The van der Waals surface area contributed by atoms with Gasteiger partial charge in [-0.1, -0.05) is 36.4 Å². The predicted octanol–water partition coefficient (Wildman–Crippen LogP) is 1.84. The largest absolute Gasteiger partial charge is 0.341 e. The van der Waals surface area contributed by atoms with E-state index in [1.165, 1.54) is 12.1 Å². The minimum atomic E-state index is -4.03. The van der Waals surface area contributed by atoms with Crippen molar-refractivity contribution in [2.45, 2.75) is 49.5 Å². The average molecular weight is 516 g/mol.